The Kier molecular flexibility index (Phi) is 7.91. The van der Waals surface area contributed by atoms with E-state index in [0.29, 0.717) is 24.8 Å². The molecule has 0 amide bonds. The predicted octanol–water partition coefficient (Wildman–Crippen LogP) is 7.25. The summed E-state index contributed by atoms with van der Waals surface area (Å²) in [5.41, 5.74) is 7.66. The number of hydrogen-bond acceptors (Lipinski definition) is 4. The van der Waals surface area contributed by atoms with Crippen LogP contribution >= 0.6 is 0 Å². The maximum Gasteiger partial charge on any atom is 0.156 e. The maximum absolute atomic E-state index is 12.2. The van der Waals surface area contributed by atoms with Crippen molar-refractivity contribution in [2.24, 2.45) is 17.3 Å². The van der Waals surface area contributed by atoms with Crippen LogP contribution in [0, 0.1) is 29.1 Å². The molecule has 4 nitrogen and oxygen atoms in total. The van der Waals surface area contributed by atoms with Crippen molar-refractivity contribution >= 4 is 11.5 Å². The molecule has 212 valence electrons. The third-order valence-corrected chi connectivity index (χ3v) is 10.1. The average molecular weight is 547 g/mol. The van der Waals surface area contributed by atoms with Gasteiger partial charge in [-0.25, -0.2) is 0 Å². The van der Waals surface area contributed by atoms with E-state index < -0.39 is 0 Å². The lowest BCUT2D eigenvalue weighted by Gasteiger charge is -2.52. The van der Waals surface area contributed by atoms with Gasteiger partial charge in [-0.1, -0.05) is 61.6 Å². The number of allylic oxidation sites excluding steroid dienone is 5. The van der Waals surface area contributed by atoms with Crippen LogP contribution in [0.4, 0.5) is 5.69 Å². The van der Waals surface area contributed by atoms with Gasteiger partial charge in [-0.05, 0) is 115 Å². The minimum Gasteiger partial charge on any atom is -0.393 e. The number of aliphatic hydroxyl groups is 1. The van der Waals surface area contributed by atoms with Crippen LogP contribution in [0.25, 0.3) is 0 Å². The fourth-order valence-corrected chi connectivity index (χ4v) is 8.06. The first kappa shape index (κ1) is 27.6. The fraction of sp³-hybridized carbons (Fsp3) is 0.432. The van der Waals surface area contributed by atoms with Crippen molar-refractivity contribution in [2.45, 2.75) is 77.2 Å². The number of aliphatic hydroxyl groups excluding tert-OH is 1. The Bertz CT molecular complexity index is 1440. The molecular formula is C37H42N2O2. The minimum atomic E-state index is -0.230. The molecule has 2 saturated carbocycles. The smallest absolute Gasteiger partial charge is 0.156 e. The van der Waals surface area contributed by atoms with Crippen LogP contribution in [-0.2, 0) is 4.79 Å². The van der Waals surface area contributed by atoms with Crippen molar-refractivity contribution in [3.63, 3.8) is 0 Å². The summed E-state index contributed by atoms with van der Waals surface area (Å²) in [6.07, 6.45) is 11.4. The van der Waals surface area contributed by atoms with Crippen molar-refractivity contribution in [3.8, 4) is 11.8 Å². The zero-order valence-corrected chi connectivity index (χ0v) is 24.4. The summed E-state index contributed by atoms with van der Waals surface area (Å²) in [6, 6.07) is 19.0. The summed E-state index contributed by atoms with van der Waals surface area (Å²) >= 11 is 0. The molecule has 4 heteroatoms. The van der Waals surface area contributed by atoms with E-state index >= 15 is 0 Å². The second-order valence-corrected chi connectivity index (χ2v) is 12.5. The van der Waals surface area contributed by atoms with Crippen LogP contribution in [0.3, 0.4) is 0 Å². The van der Waals surface area contributed by atoms with Crippen molar-refractivity contribution in [1.82, 2.24) is 5.32 Å². The van der Waals surface area contributed by atoms with E-state index in [2.05, 4.69) is 78.8 Å². The number of ketones is 1. The number of carbonyl (C=O) groups excluding carboxylic acids is 1. The molecule has 0 aromatic heterocycles. The van der Waals surface area contributed by atoms with Gasteiger partial charge in [-0.2, -0.15) is 0 Å². The van der Waals surface area contributed by atoms with Crippen molar-refractivity contribution < 1.29 is 9.90 Å². The third kappa shape index (κ3) is 5.53. The summed E-state index contributed by atoms with van der Waals surface area (Å²) in [6.45, 7) is 5.01. The molecular weight excluding hydrogens is 504 g/mol. The Morgan fingerprint density at radius 2 is 1.85 bits per heavy atom. The average Bonchev–Trinajstić information content (AvgIpc) is 3.29. The van der Waals surface area contributed by atoms with E-state index in [0.717, 1.165) is 62.0 Å². The van der Waals surface area contributed by atoms with Crippen molar-refractivity contribution in [2.75, 3.05) is 11.9 Å². The van der Waals surface area contributed by atoms with Gasteiger partial charge in [0.05, 0.1) is 18.5 Å². The first-order chi connectivity index (χ1) is 20.0. The lowest BCUT2D eigenvalue weighted by Crippen LogP contribution is -2.45. The zero-order chi connectivity index (χ0) is 28.4. The van der Waals surface area contributed by atoms with Crippen molar-refractivity contribution in [1.29, 1.82) is 0 Å². The standard InChI is InChI=1S/C37H42N2O2/c1-3-8-35(39-28-10-5-4-6-11-28)38-22-7-9-25-12-14-26(15-13-25)32-24-37(2)33(20-21-34(37)41)31-18-16-27-23-29(40)17-19-30(27)36(31)32/h4-6,8,10-15,23,31-34,38-39,41H,3,16-22,24H2,1-2H3/b35-8-. The zero-order valence-electron chi connectivity index (χ0n) is 24.4. The molecule has 4 aliphatic carbocycles. The van der Waals surface area contributed by atoms with Crippen LogP contribution in [0.5, 0.6) is 0 Å². The van der Waals surface area contributed by atoms with Crippen LogP contribution in [0.1, 0.15) is 82.3 Å². The Labute approximate surface area is 245 Å². The quantitative estimate of drug-likeness (QED) is 0.334. The van der Waals surface area contributed by atoms with Gasteiger partial charge >= 0.3 is 0 Å². The van der Waals surface area contributed by atoms with Gasteiger partial charge in [-0.15, -0.1) is 0 Å². The second kappa shape index (κ2) is 11.7. The number of hydrogen-bond donors (Lipinski definition) is 3. The van der Waals surface area contributed by atoms with Crippen LogP contribution in [-0.4, -0.2) is 23.5 Å². The largest absolute Gasteiger partial charge is 0.393 e. The van der Waals surface area contributed by atoms with Gasteiger partial charge < -0.3 is 15.7 Å². The van der Waals surface area contributed by atoms with E-state index in [4.69, 9.17) is 0 Å². The number of fused-ring (bicyclic) bond motifs is 4. The minimum absolute atomic E-state index is 0.0489. The number of carbonyl (C=O) groups is 1. The predicted molar refractivity (Wildman–Crippen MR) is 166 cm³/mol. The number of anilines is 1. The first-order valence-electron chi connectivity index (χ1n) is 15.5. The van der Waals surface area contributed by atoms with Gasteiger partial charge in [0.2, 0.25) is 0 Å². The molecule has 2 fully saturated rings. The SMILES string of the molecule is CC/C=C(/NCC#Cc1ccc(C2CC3(C)C(O)CCC3C3CCC4=CC(=O)CCC4=C23)cc1)Nc1ccccc1. The van der Waals surface area contributed by atoms with Gasteiger partial charge in [-0.3, -0.25) is 4.79 Å². The summed E-state index contributed by atoms with van der Waals surface area (Å²) in [4.78, 5) is 12.2. The van der Waals surface area contributed by atoms with Crippen LogP contribution < -0.4 is 10.6 Å². The molecule has 41 heavy (non-hydrogen) atoms. The molecule has 5 unspecified atom stereocenters. The highest BCUT2D eigenvalue weighted by Crippen LogP contribution is 2.63. The Morgan fingerprint density at radius 1 is 1.05 bits per heavy atom. The van der Waals surface area contributed by atoms with Gasteiger partial charge in [0.1, 0.15) is 0 Å². The maximum atomic E-state index is 12.2. The van der Waals surface area contributed by atoms with Crippen LogP contribution in [0.15, 0.2) is 89.3 Å². The Hall–Kier alpha value is -3.55. The summed E-state index contributed by atoms with van der Waals surface area (Å²) in [5, 5.41) is 18.0. The molecule has 6 rings (SSSR count). The number of para-hydroxylation sites is 1. The number of nitrogens with one attached hydrogen (secondary N) is 2. The van der Waals surface area contributed by atoms with E-state index in [1.54, 1.807) is 5.57 Å². The molecule has 0 heterocycles. The van der Waals surface area contributed by atoms with E-state index in [1.807, 2.05) is 24.3 Å². The highest BCUT2D eigenvalue weighted by atomic mass is 16.3. The summed E-state index contributed by atoms with van der Waals surface area (Å²) < 4.78 is 0. The molecule has 3 N–H and O–H groups in total. The van der Waals surface area contributed by atoms with Crippen molar-refractivity contribution in [3.05, 3.63) is 100 Å². The molecule has 0 radical (unpaired) electrons. The normalized spacial score (nSPS) is 29.0. The van der Waals surface area contributed by atoms with Gasteiger partial charge in [0, 0.05) is 23.6 Å². The molecule has 0 saturated heterocycles. The molecule has 4 aliphatic rings. The van der Waals surface area contributed by atoms with Gasteiger partial charge in [0.15, 0.2) is 5.78 Å². The molecule has 2 aromatic rings. The number of benzene rings is 2. The first-order valence-corrected chi connectivity index (χ1v) is 15.5. The molecule has 5 atom stereocenters. The van der Waals surface area contributed by atoms with Gasteiger partial charge in [0.25, 0.3) is 0 Å². The fourth-order valence-electron chi connectivity index (χ4n) is 8.06. The molecule has 0 aliphatic heterocycles. The van der Waals surface area contributed by atoms with E-state index in [-0.39, 0.29) is 23.2 Å². The number of rotatable bonds is 6. The molecule has 0 bridgehead atoms. The molecule has 2 aromatic carbocycles. The summed E-state index contributed by atoms with van der Waals surface area (Å²) in [7, 11) is 0. The van der Waals surface area contributed by atoms with E-state index in [1.165, 1.54) is 16.7 Å². The van der Waals surface area contributed by atoms with Crippen LogP contribution in [0.2, 0.25) is 0 Å². The lowest BCUT2D eigenvalue weighted by molar-refractivity contribution is -0.114. The summed E-state index contributed by atoms with van der Waals surface area (Å²) in [5.74, 6) is 9.19. The highest BCUT2D eigenvalue weighted by Gasteiger charge is 2.56. The topological polar surface area (TPSA) is 61.4 Å². The monoisotopic (exact) mass is 546 g/mol. The Morgan fingerprint density at radius 3 is 2.63 bits per heavy atom. The molecule has 0 spiro atoms. The highest BCUT2D eigenvalue weighted by molar-refractivity contribution is 5.93. The third-order valence-electron chi connectivity index (χ3n) is 10.1. The Balaban J connectivity index is 1.21. The second-order valence-electron chi connectivity index (χ2n) is 12.5. The lowest BCUT2D eigenvalue weighted by atomic mass is 9.53. The van der Waals surface area contributed by atoms with E-state index in [9.17, 15) is 9.90 Å².